The molecule has 0 radical (unpaired) electrons. The van der Waals surface area contributed by atoms with Gasteiger partial charge in [-0.15, -0.1) is 0 Å². The van der Waals surface area contributed by atoms with Crippen LogP contribution < -0.4 is 16.0 Å². The fraction of sp³-hybridized carbons (Fsp3) is 0.433. The summed E-state index contributed by atoms with van der Waals surface area (Å²) < 4.78 is 12.7. The second-order valence-corrected chi connectivity index (χ2v) is 10.2. The van der Waals surface area contributed by atoms with E-state index in [4.69, 9.17) is 5.26 Å². The fourth-order valence-corrected chi connectivity index (χ4v) is 3.90. The maximum absolute atomic E-state index is 12.7. The highest BCUT2D eigenvalue weighted by Crippen LogP contribution is 2.27. The van der Waals surface area contributed by atoms with E-state index in [0.29, 0.717) is 55.2 Å². The Labute approximate surface area is 241 Å². The van der Waals surface area contributed by atoms with Gasteiger partial charge in [-0.3, -0.25) is 14.0 Å². The number of alkyl halides is 1. The van der Waals surface area contributed by atoms with Crippen LogP contribution in [0.25, 0.3) is 0 Å². The van der Waals surface area contributed by atoms with Gasteiger partial charge in [0, 0.05) is 43.9 Å². The molecule has 0 bridgehead atoms. The molecule has 1 heterocycles. The molecule has 1 saturated carbocycles. The number of hydrogen-bond donors (Lipinski definition) is 3. The average molecular weight is 561 g/mol. The molecule has 3 rings (SSSR count). The lowest BCUT2D eigenvalue weighted by Crippen LogP contribution is -2.51. The van der Waals surface area contributed by atoms with Gasteiger partial charge in [0.1, 0.15) is 11.9 Å². The zero-order valence-corrected chi connectivity index (χ0v) is 23.9. The van der Waals surface area contributed by atoms with E-state index in [0.717, 1.165) is 5.69 Å². The summed E-state index contributed by atoms with van der Waals surface area (Å²) in [5.41, 5.74) is 1.87. The van der Waals surface area contributed by atoms with Gasteiger partial charge in [0.05, 0.1) is 30.1 Å². The molecule has 10 nitrogen and oxygen atoms in total. The number of carbonyl (C=O) groups is 2. The third-order valence-corrected chi connectivity index (χ3v) is 6.60. The van der Waals surface area contributed by atoms with Crippen LogP contribution in [0.2, 0.25) is 0 Å². The minimum atomic E-state index is -0.594. The summed E-state index contributed by atoms with van der Waals surface area (Å²) in [5, 5.41) is 18.2. The molecule has 1 aromatic carbocycles. The standard InChI is InChI=1S/C30H37FN8O2/c1-21(39(4)27(40)7-5-16-38(2)3)29(41)35-26-17-23(18-26)8-11-24-20-34-30(37-28(24)33-15-6-14-31)36-25-12-9-22(19-32)10-13-25/h5,7,9-10,12-13,20-21,23,26H,6,14-18H2,1-4H3,(H,35,41)(H2,33,34,36,37)/b7-5+/t21-,23?,26?/m0/s1. The topological polar surface area (TPSA) is 126 Å². The number of likely N-dealkylation sites (N-methyl/N-ethyl adjacent to an activating group) is 2. The molecule has 1 atom stereocenters. The van der Waals surface area contributed by atoms with Gasteiger partial charge in [0.25, 0.3) is 0 Å². The van der Waals surface area contributed by atoms with Crippen molar-refractivity contribution in [2.45, 2.75) is 38.3 Å². The predicted octanol–water partition coefficient (Wildman–Crippen LogP) is 3.07. The first-order chi connectivity index (χ1) is 19.7. The summed E-state index contributed by atoms with van der Waals surface area (Å²) in [5.74, 6) is 6.89. The molecule has 1 aromatic heterocycles. The molecule has 1 aliphatic rings. The van der Waals surface area contributed by atoms with E-state index in [-0.39, 0.29) is 23.8 Å². The number of nitrogens with zero attached hydrogens (tertiary/aromatic N) is 5. The number of halogens is 1. The van der Waals surface area contributed by atoms with Crippen LogP contribution in [0.4, 0.5) is 21.8 Å². The molecule has 41 heavy (non-hydrogen) atoms. The third-order valence-electron chi connectivity index (χ3n) is 6.60. The van der Waals surface area contributed by atoms with Crippen molar-refractivity contribution in [3.05, 3.63) is 53.7 Å². The largest absolute Gasteiger partial charge is 0.369 e. The van der Waals surface area contributed by atoms with Crippen LogP contribution in [0, 0.1) is 29.1 Å². The maximum atomic E-state index is 12.7. The van der Waals surface area contributed by atoms with Crippen molar-refractivity contribution in [1.29, 1.82) is 5.26 Å². The molecule has 0 spiro atoms. The van der Waals surface area contributed by atoms with E-state index in [1.165, 1.54) is 11.0 Å². The number of hydrogen-bond acceptors (Lipinski definition) is 8. The molecule has 2 aromatic rings. The third kappa shape index (κ3) is 9.59. The van der Waals surface area contributed by atoms with Crippen LogP contribution in [-0.4, -0.2) is 84.6 Å². The Morgan fingerprint density at radius 1 is 1.22 bits per heavy atom. The monoisotopic (exact) mass is 560 g/mol. The lowest BCUT2D eigenvalue weighted by molar-refractivity contribution is -0.135. The van der Waals surface area contributed by atoms with Gasteiger partial charge in [-0.25, -0.2) is 4.98 Å². The normalized spacial score (nSPS) is 16.6. The highest BCUT2D eigenvalue weighted by atomic mass is 19.1. The summed E-state index contributed by atoms with van der Waals surface area (Å²) in [6, 6.07) is 8.39. The molecule has 11 heteroatoms. The Morgan fingerprint density at radius 3 is 2.61 bits per heavy atom. The van der Waals surface area contributed by atoms with Gasteiger partial charge < -0.3 is 25.8 Å². The maximum Gasteiger partial charge on any atom is 0.246 e. The number of rotatable bonds is 12. The molecule has 0 saturated heterocycles. The number of carbonyl (C=O) groups excluding carboxylic acids is 2. The van der Waals surface area contributed by atoms with Crippen molar-refractivity contribution in [2.24, 2.45) is 5.92 Å². The van der Waals surface area contributed by atoms with Crippen LogP contribution in [0.1, 0.15) is 37.3 Å². The number of nitriles is 1. The molecule has 0 aliphatic heterocycles. The lowest BCUT2D eigenvalue weighted by atomic mass is 9.80. The highest BCUT2D eigenvalue weighted by molar-refractivity contribution is 5.92. The minimum Gasteiger partial charge on any atom is -0.369 e. The lowest BCUT2D eigenvalue weighted by Gasteiger charge is -2.34. The Bertz CT molecular complexity index is 1320. The number of nitrogens with one attached hydrogen (secondary N) is 3. The summed E-state index contributed by atoms with van der Waals surface area (Å²) >= 11 is 0. The van der Waals surface area contributed by atoms with Crippen molar-refractivity contribution < 1.29 is 14.0 Å². The summed E-state index contributed by atoms with van der Waals surface area (Å²) in [6.45, 7) is 2.31. The Morgan fingerprint density at radius 2 is 1.95 bits per heavy atom. The summed E-state index contributed by atoms with van der Waals surface area (Å²) in [7, 11) is 5.45. The van der Waals surface area contributed by atoms with Crippen LogP contribution in [0.3, 0.4) is 0 Å². The summed E-state index contributed by atoms with van der Waals surface area (Å²) in [6.07, 6.45) is 6.61. The Kier molecular flexibility index (Phi) is 11.6. The van der Waals surface area contributed by atoms with Crippen LogP contribution in [0.5, 0.6) is 0 Å². The van der Waals surface area contributed by atoms with E-state index >= 15 is 0 Å². The van der Waals surface area contributed by atoms with E-state index in [2.05, 4.69) is 43.8 Å². The zero-order valence-electron chi connectivity index (χ0n) is 23.9. The molecule has 216 valence electrons. The molecule has 1 fully saturated rings. The average Bonchev–Trinajstić information content (AvgIpc) is 2.94. The van der Waals surface area contributed by atoms with E-state index in [1.807, 2.05) is 19.0 Å². The first-order valence-electron chi connectivity index (χ1n) is 13.5. The van der Waals surface area contributed by atoms with E-state index in [1.54, 1.807) is 50.5 Å². The van der Waals surface area contributed by atoms with Crippen molar-refractivity contribution in [2.75, 3.05) is 51.5 Å². The van der Waals surface area contributed by atoms with Gasteiger partial charge in [0.15, 0.2) is 0 Å². The first kappa shape index (κ1) is 31.1. The molecule has 2 amide bonds. The van der Waals surface area contributed by atoms with Crippen LogP contribution in [-0.2, 0) is 9.59 Å². The van der Waals surface area contributed by atoms with Gasteiger partial charge in [-0.1, -0.05) is 17.9 Å². The molecule has 0 unspecified atom stereocenters. The number of amides is 2. The quantitative estimate of drug-likeness (QED) is 0.205. The van der Waals surface area contributed by atoms with Gasteiger partial charge in [-0.05, 0) is 64.5 Å². The Balaban J connectivity index is 1.56. The second-order valence-electron chi connectivity index (χ2n) is 10.2. The fourth-order valence-electron chi connectivity index (χ4n) is 3.90. The van der Waals surface area contributed by atoms with Gasteiger partial charge in [-0.2, -0.15) is 10.2 Å². The number of aromatic nitrogens is 2. The summed E-state index contributed by atoms with van der Waals surface area (Å²) in [4.78, 5) is 37.3. The second kappa shape index (κ2) is 15.3. The van der Waals surface area contributed by atoms with Crippen LogP contribution >= 0.6 is 0 Å². The molecular formula is C30H37FN8O2. The van der Waals surface area contributed by atoms with Gasteiger partial charge in [0.2, 0.25) is 17.8 Å². The van der Waals surface area contributed by atoms with Crippen molar-refractivity contribution in [1.82, 2.24) is 25.1 Å². The molecular weight excluding hydrogens is 523 g/mol. The zero-order chi connectivity index (χ0) is 29.8. The SMILES string of the molecule is C[C@@H](C(=O)NC1CC(C#Cc2cnc(Nc3ccc(C#N)cc3)nc2NCCCF)C1)N(C)C(=O)/C=C/CN(C)C. The van der Waals surface area contributed by atoms with E-state index < -0.39 is 12.7 Å². The molecule has 3 N–H and O–H groups in total. The van der Waals surface area contributed by atoms with Crippen molar-refractivity contribution >= 4 is 29.3 Å². The highest BCUT2D eigenvalue weighted by Gasteiger charge is 2.31. The Hall–Kier alpha value is -4.48. The molecule has 1 aliphatic carbocycles. The van der Waals surface area contributed by atoms with Crippen LogP contribution in [0.15, 0.2) is 42.6 Å². The van der Waals surface area contributed by atoms with Crippen molar-refractivity contribution in [3.63, 3.8) is 0 Å². The van der Waals surface area contributed by atoms with Gasteiger partial charge >= 0.3 is 0 Å². The van der Waals surface area contributed by atoms with E-state index in [9.17, 15) is 14.0 Å². The smallest absolute Gasteiger partial charge is 0.246 e. The minimum absolute atomic E-state index is 0.00516. The number of benzene rings is 1. The first-order valence-corrected chi connectivity index (χ1v) is 13.5. The number of anilines is 3. The van der Waals surface area contributed by atoms with Crippen molar-refractivity contribution in [3.8, 4) is 17.9 Å². The predicted molar refractivity (Wildman–Crippen MR) is 157 cm³/mol.